The maximum Gasteiger partial charge on any atom is 0.243 e. The summed E-state index contributed by atoms with van der Waals surface area (Å²) in [5.74, 6) is 0. The number of sulfonamides is 1. The number of hydrogen-bond donors (Lipinski definition) is 1. The first kappa shape index (κ1) is 17.1. The highest BCUT2D eigenvalue weighted by molar-refractivity contribution is 7.89. The van der Waals surface area contributed by atoms with Crippen molar-refractivity contribution in [2.75, 3.05) is 13.6 Å². The van der Waals surface area contributed by atoms with Crippen LogP contribution in [0.1, 0.15) is 37.5 Å². The van der Waals surface area contributed by atoms with Gasteiger partial charge in [-0.3, -0.25) is 0 Å². The number of aliphatic hydroxyl groups excluding tert-OH is 1. The van der Waals surface area contributed by atoms with Crippen molar-refractivity contribution in [3.63, 3.8) is 0 Å². The second-order valence-corrected chi connectivity index (χ2v) is 8.54. The Labute approximate surface area is 122 Å². The van der Waals surface area contributed by atoms with Gasteiger partial charge in [-0.25, -0.2) is 12.7 Å². The van der Waals surface area contributed by atoms with Gasteiger partial charge in [0.1, 0.15) is 0 Å². The lowest BCUT2D eigenvalue weighted by atomic mass is 9.97. The van der Waals surface area contributed by atoms with Crippen molar-refractivity contribution in [3.8, 4) is 0 Å². The summed E-state index contributed by atoms with van der Waals surface area (Å²) in [5.41, 5.74) is 2.15. The maximum absolute atomic E-state index is 12.7. The van der Waals surface area contributed by atoms with Crippen LogP contribution in [0.4, 0.5) is 0 Å². The van der Waals surface area contributed by atoms with Gasteiger partial charge in [0, 0.05) is 13.6 Å². The Balaban J connectivity index is 3.29. The average molecular weight is 299 g/mol. The van der Waals surface area contributed by atoms with Crippen LogP contribution in [0, 0.1) is 19.3 Å². The largest absolute Gasteiger partial charge is 0.392 e. The van der Waals surface area contributed by atoms with E-state index >= 15 is 0 Å². The summed E-state index contributed by atoms with van der Waals surface area (Å²) in [6.45, 7) is 9.94. The Kier molecular flexibility index (Phi) is 5.00. The summed E-state index contributed by atoms with van der Waals surface area (Å²) >= 11 is 0. The molecule has 0 amide bonds. The molecule has 0 aromatic heterocycles. The molecule has 0 unspecified atom stereocenters. The predicted octanol–water partition coefficient (Wildman–Crippen LogP) is 2.46. The van der Waals surface area contributed by atoms with Gasteiger partial charge in [-0.1, -0.05) is 26.8 Å². The Morgan fingerprint density at radius 1 is 1.15 bits per heavy atom. The molecule has 0 fully saturated rings. The third kappa shape index (κ3) is 3.81. The minimum absolute atomic E-state index is 0.111. The number of aliphatic hydroxyl groups is 1. The van der Waals surface area contributed by atoms with Gasteiger partial charge in [-0.2, -0.15) is 0 Å². The Morgan fingerprint density at radius 3 is 2.15 bits per heavy atom. The van der Waals surface area contributed by atoms with E-state index in [1.807, 2.05) is 33.8 Å². The Morgan fingerprint density at radius 2 is 1.70 bits per heavy atom. The standard InChI is InChI=1S/C15H25NO3S/c1-11-7-12(2)14(8-13(11)9-17)20(18,19)16(6)10-15(3,4)5/h7-8,17H,9-10H2,1-6H3. The first-order chi connectivity index (χ1) is 8.99. The smallest absolute Gasteiger partial charge is 0.243 e. The summed E-state index contributed by atoms with van der Waals surface area (Å²) in [6.07, 6.45) is 0. The molecule has 1 N–H and O–H groups in total. The van der Waals surface area contributed by atoms with Gasteiger partial charge in [0.15, 0.2) is 0 Å². The molecule has 0 atom stereocenters. The van der Waals surface area contributed by atoms with E-state index in [1.165, 1.54) is 4.31 Å². The maximum atomic E-state index is 12.7. The first-order valence-corrected chi connectivity index (χ1v) is 8.10. The number of nitrogens with zero attached hydrogens (tertiary/aromatic N) is 1. The molecule has 114 valence electrons. The van der Waals surface area contributed by atoms with Crippen LogP contribution in [0.15, 0.2) is 17.0 Å². The molecule has 1 rings (SSSR count). The second kappa shape index (κ2) is 5.84. The lowest BCUT2D eigenvalue weighted by Crippen LogP contribution is -2.35. The molecule has 0 saturated carbocycles. The minimum Gasteiger partial charge on any atom is -0.392 e. The van der Waals surface area contributed by atoms with E-state index in [1.54, 1.807) is 20.0 Å². The molecular weight excluding hydrogens is 274 g/mol. The molecule has 0 bridgehead atoms. The molecule has 5 heteroatoms. The van der Waals surface area contributed by atoms with Crippen LogP contribution in [0.3, 0.4) is 0 Å². The summed E-state index contributed by atoms with van der Waals surface area (Å²) in [7, 11) is -1.93. The van der Waals surface area contributed by atoms with Gasteiger partial charge in [0.2, 0.25) is 10.0 Å². The van der Waals surface area contributed by atoms with E-state index in [4.69, 9.17) is 0 Å². The van der Waals surface area contributed by atoms with Crippen molar-refractivity contribution in [1.29, 1.82) is 0 Å². The summed E-state index contributed by atoms with van der Waals surface area (Å²) < 4.78 is 26.7. The van der Waals surface area contributed by atoms with E-state index in [9.17, 15) is 13.5 Å². The zero-order valence-corrected chi connectivity index (χ0v) is 14.0. The fourth-order valence-corrected chi connectivity index (χ4v) is 3.89. The third-order valence-corrected chi connectivity index (χ3v) is 5.13. The third-order valence-electron chi connectivity index (χ3n) is 3.19. The molecule has 0 radical (unpaired) electrons. The molecular formula is C15H25NO3S. The topological polar surface area (TPSA) is 57.6 Å². The molecule has 0 aliphatic carbocycles. The van der Waals surface area contributed by atoms with Crippen LogP contribution in [0.5, 0.6) is 0 Å². The zero-order chi connectivity index (χ0) is 15.7. The molecule has 0 aliphatic heterocycles. The highest BCUT2D eigenvalue weighted by atomic mass is 32.2. The van der Waals surface area contributed by atoms with Crippen LogP contribution >= 0.6 is 0 Å². The number of hydrogen-bond acceptors (Lipinski definition) is 3. The van der Waals surface area contributed by atoms with E-state index in [0.717, 1.165) is 5.56 Å². The normalized spacial score (nSPS) is 13.0. The van der Waals surface area contributed by atoms with E-state index in [0.29, 0.717) is 17.7 Å². The van der Waals surface area contributed by atoms with Gasteiger partial charge < -0.3 is 5.11 Å². The highest BCUT2D eigenvalue weighted by Crippen LogP contribution is 2.25. The van der Waals surface area contributed by atoms with Crippen LogP contribution in [-0.2, 0) is 16.6 Å². The fraction of sp³-hybridized carbons (Fsp3) is 0.600. The van der Waals surface area contributed by atoms with Crippen molar-refractivity contribution < 1.29 is 13.5 Å². The number of rotatable bonds is 4. The van der Waals surface area contributed by atoms with Crippen LogP contribution in [0.2, 0.25) is 0 Å². The molecule has 1 aromatic rings. The molecule has 4 nitrogen and oxygen atoms in total. The lowest BCUT2D eigenvalue weighted by Gasteiger charge is -2.27. The SMILES string of the molecule is Cc1cc(C)c(S(=O)(=O)N(C)CC(C)(C)C)cc1CO. The predicted molar refractivity (Wildman–Crippen MR) is 81.1 cm³/mol. The highest BCUT2D eigenvalue weighted by Gasteiger charge is 2.27. The summed E-state index contributed by atoms with van der Waals surface area (Å²) in [4.78, 5) is 0.277. The van der Waals surface area contributed by atoms with Crippen LogP contribution in [0.25, 0.3) is 0 Å². The van der Waals surface area contributed by atoms with Gasteiger partial charge in [0.05, 0.1) is 11.5 Å². The van der Waals surface area contributed by atoms with Crippen molar-refractivity contribution >= 4 is 10.0 Å². The van der Waals surface area contributed by atoms with Gasteiger partial charge >= 0.3 is 0 Å². The lowest BCUT2D eigenvalue weighted by molar-refractivity contribution is 0.280. The molecule has 20 heavy (non-hydrogen) atoms. The van der Waals surface area contributed by atoms with Crippen molar-refractivity contribution in [2.45, 2.75) is 46.1 Å². The zero-order valence-electron chi connectivity index (χ0n) is 13.2. The van der Waals surface area contributed by atoms with Crippen molar-refractivity contribution in [1.82, 2.24) is 4.31 Å². The first-order valence-electron chi connectivity index (χ1n) is 6.66. The fourth-order valence-electron chi connectivity index (χ4n) is 2.24. The van der Waals surface area contributed by atoms with E-state index in [-0.39, 0.29) is 16.9 Å². The van der Waals surface area contributed by atoms with Gasteiger partial charge in [-0.05, 0) is 42.0 Å². The molecule has 0 saturated heterocycles. The van der Waals surface area contributed by atoms with E-state index in [2.05, 4.69) is 0 Å². The van der Waals surface area contributed by atoms with Crippen molar-refractivity contribution in [3.05, 3.63) is 28.8 Å². The van der Waals surface area contributed by atoms with Crippen LogP contribution < -0.4 is 0 Å². The van der Waals surface area contributed by atoms with Gasteiger partial charge in [-0.15, -0.1) is 0 Å². The van der Waals surface area contributed by atoms with Gasteiger partial charge in [0.25, 0.3) is 0 Å². The monoisotopic (exact) mass is 299 g/mol. The second-order valence-electron chi connectivity index (χ2n) is 6.52. The summed E-state index contributed by atoms with van der Waals surface area (Å²) in [6, 6.07) is 3.39. The Bertz CT molecular complexity index is 586. The molecule has 0 aliphatic rings. The Hall–Kier alpha value is -0.910. The van der Waals surface area contributed by atoms with Crippen molar-refractivity contribution in [2.24, 2.45) is 5.41 Å². The van der Waals surface area contributed by atoms with Crippen LogP contribution in [-0.4, -0.2) is 31.4 Å². The van der Waals surface area contributed by atoms with E-state index < -0.39 is 10.0 Å². The molecule has 0 heterocycles. The molecule has 0 spiro atoms. The average Bonchev–Trinajstić information content (AvgIpc) is 2.26. The minimum atomic E-state index is -3.53. The summed E-state index contributed by atoms with van der Waals surface area (Å²) in [5, 5.41) is 9.32. The quantitative estimate of drug-likeness (QED) is 0.929. The number of aryl methyl sites for hydroxylation is 2. The number of benzene rings is 1. The molecule has 1 aromatic carbocycles.